The van der Waals surface area contributed by atoms with Crippen LogP contribution in [-0.2, 0) is 6.42 Å². The number of carbonyl (C=O) groups is 1. The van der Waals surface area contributed by atoms with Crippen LogP contribution in [0.1, 0.15) is 22.3 Å². The second-order valence-corrected chi connectivity index (χ2v) is 5.66. The first-order valence-electron chi connectivity index (χ1n) is 7.15. The first kappa shape index (κ1) is 16.6. The van der Waals surface area contributed by atoms with Crippen molar-refractivity contribution in [1.29, 1.82) is 0 Å². The first-order valence-corrected chi connectivity index (χ1v) is 7.53. The smallest absolute Gasteiger partial charge is 0.406 e. The molecular formula is C16H12ClF3N2O2. The number of carbonyl (C=O) groups excluding carboxylic acids is 1. The number of hydrogen-bond donors (Lipinski definition) is 0. The van der Waals surface area contributed by atoms with Crippen LogP contribution in [-0.4, -0.2) is 23.8 Å². The molecule has 0 fully saturated rings. The molecule has 2 heterocycles. The van der Waals surface area contributed by atoms with Crippen LogP contribution in [0, 0.1) is 0 Å². The highest BCUT2D eigenvalue weighted by Gasteiger charge is 2.32. The number of benzene rings is 1. The number of amides is 1. The summed E-state index contributed by atoms with van der Waals surface area (Å²) in [5.41, 5.74) is 1.58. The van der Waals surface area contributed by atoms with Crippen molar-refractivity contribution in [1.82, 2.24) is 4.98 Å². The van der Waals surface area contributed by atoms with Crippen molar-refractivity contribution < 1.29 is 22.7 Å². The summed E-state index contributed by atoms with van der Waals surface area (Å²) in [5, 5.41) is 0.277. The van der Waals surface area contributed by atoms with Gasteiger partial charge in [-0.3, -0.25) is 4.79 Å². The Bertz CT molecular complexity index is 763. The minimum absolute atomic E-state index is 0.274. The summed E-state index contributed by atoms with van der Waals surface area (Å²) in [6.45, 7) is 0.480. The summed E-state index contributed by atoms with van der Waals surface area (Å²) >= 11 is 5.71. The Labute approximate surface area is 140 Å². The molecule has 2 aromatic rings. The second kappa shape index (κ2) is 6.32. The van der Waals surface area contributed by atoms with Gasteiger partial charge in [0.05, 0.1) is 5.56 Å². The maximum absolute atomic E-state index is 12.6. The Morgan fingerprint density at radius 3 is 2.71 bits per heavy atom. The average molecular weight is 357 g/mol. The maximum Gasteiger partial charge on any atom is 0.573 e. The normalized spacial score (nSPS) is 14.2. The molecule has 0 bridgehead atoms. The molecule has 1 amide bonds. The summed E-state index contributed by atoms with van der Waals surface area (Å²) < 4.78 is 40.9. The van der Waals surface area contributed by atoms with E-state index in [1.54, 1.807) is 6.07 Å². The lowest BCUT2D eigenvalue weighted by Gasteiger charge is -2.30. The standard InChI is InChI=1S/C16H12ClF3N2O2/c17-14-6-3-11(9-21-14)15(23)22-7-1-2-10-8-12(4-5-13(10)22)24-16(18,19)20/h3-6,8-9H,1-2,7H2. The monoisotopic (exact) mass is 356 g/mol. The number of aromatic nitrogens is 1. The largest absolute Gasteiger partial charge is 0.573 e. The Morgan fingerprint density at radius 1 is 1.25 bits per heavy atom. The zero-order chi connectivity index (χ0) is 17.3. The lowest BCUT2D eigenvalue weighted by atomic mass is 10.0. The van der Waals surface area contributed by atoms with E-state index in [2.05, 4.69) is 9.72 Å². The fourth-order valence-corrected chi connectivity index (χ4v) is 2.75. The highest BCUT2D eigenvalue weighted by atomic mass is 35.5. The minimum atomic E-state index is -4.74. The van der Waals surface area contributed by atoms with E-state index in [0.717, 1.165) is 0 Å². The van der Waals surface area contributed by atoms with E-state index in [9.17, 15) is 18.0 Å². The molecule has 0 saturated carbocycles. The van der Waals surface area contributed by atoms with Crippen LogP contribution in [0.25, 0.3) is 0 Å². The molecule has 126 valence electrons. The van der Waals surface area contributed by atoms with Gasteiger partial charge in [-0.25, -0.2) is 4.98 Å². The summed E-state index contributed by atoms with van der Waals surface area (Å²) in [7, 11) is 0. The zero-order valence-electron chi connectivity index (χ0n) is 12.3. The lowest BCUT2D eigenvalue weighted by Crippen LogP contribution is -2.35. The Kier molecular flexibility index (Phi) is 4.36. The van der Waals surface area contributed by atoms with Gasteiger partial charge in [0.15, 0.2) is 0 Å². The topological polar surface area (TPSA) is 42.4 Å². The molecule has 3 rings (SSSR count). The highest BCUT2D eigenvalue weighted by Crippen LogP contribution is 2.33. The van der Waals surface area contributed by atoms with Gasteiger partial charge in [0.2, 0.25) is 0 Å². The third-order valence-corrected chi connectivity index (χ3v) is 3.85. The number of aryl methyl sites for hydroxylation is 1. The second-order valence-electron chi connectivity index (χ2n) is 5.27. The van der Waals surface area contributed by atoms with E-state index < -0.39 is 6.36 Å². The summed E-state index contributed by atoms with van der Waals surface area (Å²) in [6.07, 6.45) is -2.14. The summed E-state index contributed by atoms with van der Waals surface area (Å²) in [4.78, 5) is 18.0. The van der Waals surface area contributed by atoms with Crippen LogP contribution in [0.2, 0.25) is 5.15 Å². The number of hydrogen-bond acceptors (Lipinski definition) is 3. The predicted octanol–water partition coefficient (Wildman–Crippen LogP) is 4.23. The molecule has 8 heteroatoms. The van der Waals surface area contributed by atoms with E-state index in [1.165, 1.54) is 35.4 Å². The number of ether oxygens (including phenoxy) is 1. The van der Waals surface area contributed by atoms with Crippen LogP contribution in [0.3, 0.4) is 0 Å². The molecule has 1 aromatic carbocycles. The molecule has 4 nitrogen and oxygen atoms in total. The first-order chi connectivity index (χ1) is 11.3. The SMILES string of the molecule is O=C(c1ccc(Cl)nc1)N1CCCc2cc(OC(F)(F)F)ccc21. The van der Waals surface area contributed by atoms with Gasteiger partial charge in [0, 0.05) is 18.4 Å². The van der Waals surface area contributed by atoms with Gasteiger partial charge >= 0.3 is 6.36 Å². The Morgan fingerprint density at radius 2 is 2.04 bits per heavy atom. The van der Waals surface area contributed by atoms with Crippen molar-refractivity contribution in [2.45, 2.75) is 19.2 Å². The fraction of sp³-hybridized carbons (Fsp3) is 0.250. The van der Waals surface area contributed by atoms with Crippen LogP contribution >= 0.6 is 11.6 Å². The van der Waals surface area contributed by atoms with Crippen LogP contribution in [0.15, 0.2) is 36.5 Å². The lowest BCUT2D eigenvalue weighted by molar-refractivity contribution is -0.274. The summed E-state index contributed by atoms with van der Waals surface area (Å²) in [6, 6.07) is 7.07. The van der Waals surface area contributed by atoms with Crippen molar-refractivity contribution in [3.8, 4) is 5.75 Å². The van der Waals surface area contributed by atoms with Crippen LogP contribution in [0.4, 0.5) is 18.9 Å². The zero-order valence-corrected chi connectivity index (χ0v) is 13.1. The van der Waals surface area contributed by atoms with Gasteiger partial charge < -0.3 is 9.64 Å². The van der Waals surface area contributed by atoms with Crippen molar-refractivity contribution in [3.05, 3.63) is 52.8 Å². The van der Waals surface area contributed by atoms with E-state index >= 15 is 0 Å². The van der Waals surface area contributed by atoms with E-state index in [0.29, 0.717) is 36.2 Å². The number of alkyl halides is 3. The van der Waals surface area contributed by atoms with Crippen molar-refractivity contribution in [2.24, 2.45) is 0 Å². The Hall–Kier alpha value is -2.28. The quantitative estimate of drug-likeness (QED) is 0.756. The number of rotatable bonds is 2. The Balaban J connectivity index is 1.88. The third kappa shape index (κ3) is 3.62. The van der Waals surface area contributed by atoms with Gasteiger partial charge in [0.1, 0.15) is 10.9 Å². The number of halogens is 4. The number of anilines is 1. The van der Waals surface area contributed by atoms with Crippen molar-refractivity contribution >= 4 is 23.2 Å². The maximum atomic E-state index is 12.6. The van der Waals surface area contributed by atoms with E-state index in [1.807, 2.05) is 0 Å². The van der Waals surface area contributed by atoms with E-state index in [-0.39, 0.29) is 16.8 Å². The minimum Gasteiger partial charge on any atom is -0.406 e. The molecular weight excluding hydrogens is 345 g/mol. The molecule has 0 unspecified atom stereocenters. The van der Waals surface area contributed by atoms with Crippen molar-refractivity contribution in [3.63, 3.8) is 0 Å². The number of pyridine rings is 1. The molecule has 0 radical (unpaired) electrons. The van der Waals surface area contributed by atoms with Gasteiger partial charge in [-0.15, -0.1) is 13.2 Å². The van der Waals surface area contributed by atoms with Crippen molar-refractivity contribution in [2.75, 3.05) is 11.4 Å². The fourth-order valence-electron chi connectivity index (χ4n) is 2.64. The van der Waals surface area contributed by atoms with Gasteiger partial charge in [0.25, 0.3) is 5.91 Å². The number of fused-ring (bicyclic) bond motifs is 1. The highest BCUT2D eigenvalue weighted by molar-refractivity contribution is 6.29. The van der Waals surface area contributed by atoms with Crippen LogP contribution in [0.5, 0.6) is 5.75 Å². The molecule has 0 saturated heterocycles. The molecule has 1 aliphatic heterocycles. The van der Waals surface area contributed by atoms with Gasteiger partial charge in [-0.1, -0.05) is 11.6 Å². The third-order valence-electron chi connectivity index (χ3n) is 3.62. The molecule has 0 atom stereocenters. The number of nitrogens with zero attached hydrogens (tertiary/aromatic N) is 2. The van der Waals surface area contributed by atoms with Gasteiger partial charge in [-0.05, 0) is 48.7 Å². The molecule has 0 N–H and O–H groups in total. The van der Waals surface area contributed by atoms with Gasteiger partial charge in [-0.2, -0.15) is 0 Å². The molecule has 24 heavy (non-hydrogen) atoms. The molecule has 1 aromatic heterocycles. The van der Waals surface area contributed by atoms with E-state index in [4.69, 9.17) is 11.6 Å². The molecule has 1 aliphatic rings. The average Bonchev–Trinajstić information content (AvgIpc) is 2.52. The van der Waals surface area contributed by atoms with Crippen LogP contribution < -0.4 is 9.64 Å². The predicted molar refractivity (Wildman–Crippen MR) is 82.4 cm³/mol. The summed E-state index contributed by atoms with van der Waals surface area (Å²) in [5.74, 6) is -0.562. The molecule has 0 spiro atoms. The molecule has 0 aliphatic carbocycles.